The zero-order chi connectivity index (χ0) is 11.5. The third-order valence-electron chi connectivity index (χ3n) is 2.89. The molecule has 2 rings (SSSR count). The van der Waals surface area contributed by atoms with Crippen molar-refractivity contribution in [1.29, 1.82) is 0 Å². The number of piperidine rings is 1. The summed E-state index contributed by atoms with van der Waals surface area (Å²) in [5.41, 5.74) is 0.668. The number of aromatic hydroxyl groups is 1. The second-order valence-corrected chi connectivity index (χ2v) is 4.00. The van der Waals surface area contributed by atoms with Crippen LogP contribution in [0.3, 0.4) is 0 Å². The van der Waals surface area contributed by atoms with Gasteiger partial charge in [-0.05, 0) is 31.5 Å². The van der Waals surface area contributed by atoms with Crippen molar-refractivity contribution in [2.75, 3.05) is 6.54 Å². The highest BCUT2D eigenvalue weighted by molar-refractivity contribution is 5.46. The Morgan fingerprint density at radius 3 is 2.88 bits per heavy atom. The monoisotopic (exact) mass is 222 g/mol. The van der Waals surface area contributed by atoms with E-state index in [0.29, 0.717) is 5.56 Å². The Hall–Kier alpha value is -1.62. The predicted octanol–water partition coefficient (Wildman–Crippen LogP) is 2.11. The summed E-state index contributed by atoms with van der Waals surface area (Å²) in [7, 11) is 0. The molecule has 2 N–H and O–H groups in total. The highest BCUT2D eigenvalue weighted by Crippen LogP contribution is 2.32. The molecule has 86 valence electrons. The van der Waals surface area contributed by atoms with E-state index in [1.54, 1.807) is 0 Å². The van der Waals surface area contributed by atoms with Gasteiger partial charge in [-0.1, -0.05) is 6.42 Å². The van der Waals surface area contributed by atoms with Gasteiger partial charge < -0.3 is 10.4 Å². The fraction of sp³-hybridized carbons (Fsp3) is 0.455. The van der Waals surface area contributed by atoms with E-state index < -0.39 is 4.92 Å². The van der Waals surface area contributed by atoms with Crippen LogP contribution < -0.4 is 5.32 Å². The Bertz CT molecular complexity index is 400. The summed E-state index contributed by atoms with van der Waals surface area (Å²) in [4.78, 5) is 10.5. The van der Waals surface area contributed by atoms with Crippen molar-refractivity contribution in [2.24, 2.45) is 0 Å². The number of nitro groups is 1. The van der Waals surface area contributed by atoms with Crippen LogP contribution in [0.2, 0.25) is 0 Å². The van der Waals surface area contributed by atoms with E-state index in [9.17, 15) is 15.2 Å². The van der Waals surface area contributed by atoms with Gasteiger partial charge in [0, 0.05) is 12.1 Å². The molecular weight excluding hydrogens is 208 g/mol. The highest BCUT2D eigenvalue weighted by atomic mass is 16.6. The fourth-order valence-corrected chi connectivity index (χ4v) is 2.10. The lowest BCUT2D eigenvalue weighted by atomic mass is 9.96. The summed E-state index contributed by atoms with van der Waals surface area (Å²) in [5.74, 6) is 0.0768. The third-order valence-corrected chi connectivity index (χ3v) is 2.89. The second-order valence-electron chi connectivity index (χ2n) is 4.00. The minimum atomic E-state index is -0.398. The van der Waals surface area contributed by atoms with Crippen LogP contribution in [0, 0.1) is 10.1 Å². The molecule has 0 aliphatic carbocycles. The number of phenols is 1. The van der Waals surface area contributed by atoms with Crippen molar-refractivity contribution < 1.29 is 10.0 Å². The number of benzene rings is 1. The maximum atomic E-state index is 10.9. The molecule has 0 aromatic heterocycles. The summed E-state index contributed by atoms with van der Waals surface area (Å²) in [5, 5.41) is 23.5. The highest BCUT2D eigenvalue weighted by Gasteiger charge is 2.23. The number of nitrogens with one attached hydrogen (secondary N) is 1. The molecule has 5 heteroatoms. The molecule has 1 saturated heterocycles. The molecule has 1 aromatic rings. The Balaban J connectivity index is 2.36. The van der Waals surface area contributed by atoms with Gasteiger partial charge in [-0.2, -0.15) is 0 Å². The number of hydrogen-bond donors (Lipinski definition) is 2. The molecule has 1 heterocycles. The van der Waals surface area contributed by atoms with Crippen LogP contribution in [0.25, 0.3) is 0 Å². The fourth-order valence-electron chi connectivity index (χ4n) is 2.10. The number of hydrogen-bond acceptors (Lipinski definition) is 4. The van der Waals surface area contributed by atoms with Crippen molar-refractivity contribution in [2.45, 2.75) is 25.3 Å². The van der Waals surface area contributed by atoms with Crippen LogP contribution in [0.5, 0.6) is 5.75 Å². The molecule has 0 spiro atoms. The van der Waals surface area contributed by atoms with Crippen LogP contribution in [0.1, 0.15) is 30.9 Å². The van der Waals surface area contributed by atoms with E-state index in [1.807, 2.05) is 0 Å². The van der Waals surface area contributed by atoms with Crippen molar-refractivity contribution >= 4 is 5.69 Å². The molecule has 0 saturated carbocycles. The average molecular weight is 222 g/mol. The van der Waals surface area contributed by atoms with Gasteiger partial charge in [0.1, 0.15) is 5.75 Å². The first kappa shape index (κ1) is 10.9. The lowest BCUT2D eigenvalue weighted by molar-refractivity contribution is -0.385. The van der Waals surface area contributed by atoms with E-state index in [2.05, 4.69) is 5.32 Å². The summed E-state index contributed by atoms with van der Waals surface area (Å²) in [6.07, 6.45) is 3.04. The molecule has 1 atom stereocenters. The van der Waals surface area contributed by atoms with Gasteiger partial charge in [-0.15, -0.1) is 0 Å². The Kier molecular flexibility index (Phi) is 3.05. The zero-order valence-electron chi connectivity index (χ0n) is 8.85. The summed E-state index contributed by atoms with van der Waals surface area (Å²) in [6.45, 7) is 0.872. The standard InChI is InChI=1S/C11H14N2O3/c14-8-4-5-11(13(15)16)9(7-8)10-3-1-2-6-12-10/h4-5,7,10,12,14H,1-3,6H2/t10-/m0/s1. The van der Waals surface area contributed by atoms with E-state index in [-0.39, 0.29) is 17.5 Å². The first-order chi connectivity index (χ1) is 7.68. The summed E-state index contributed by atoms with van der Waals surface area (Å²) >= 11 is 0. The van der Waals surface area contributed by atoms with Gasteiger partial charge in [-0.25, -0.2) is 0 Å². The lowest BCUT2D eigenvalue weighted by Crippen LogP contribution is -2.27. The second kappa shape index (κ2) is 4.49. The molecule has 0 amide bonds. The molecule has 0 bridgehead atoms. The van der Waals surface area contributed by atoms with Crippen LogP contribution in [-0.2, 0) is 0 Å². The third kappa shape index (κ3) is 2.14. The lowest BCUT2D eigenvalue weighted by Gasteiger charge is -2.23. The maximum Gasteiger partial charge on any atom is 0.274 e. The topological polar surface area (TPSA) is 75.4 Å². The van der Waals surface area contributed by atoms with Crippen LogP contribution in [-0.4, -0.2) is 16.6 Å². The van der Waals surface area contributed by atoms with E-state index >= 15 is 0 Å². The van der Waals surface area contributed by atoms with Crippen molar-refractivity contribution in [3.8, 4) is 5.75 Å². The Morgan fingerprint density at radius 1 is 1.44 bits per heavy atom. The number of nitro benzene ring substituents is 1. The van der Waals surface area contributed by atoms with E-state index in [0.717, 1.165) is 25.8 Å². The summed E-state index contributed by atoms with van der Waals surface area (Å²) in [6, 6.07) is 4.19. The van der Waals surface area contributed by atoms with Gasteiger partial charge in [0.25, 0.3) is 5.69 Å². The number of phenolic OH excluding ortho intramolecular Hbond substituents is 1. The van der Waals surface area contributed by atoms with Gasteiger partial charge in [0.2, 0.25) is 0 Å². The number of rotatable bonds is 2. The average Bonchev–Trinajstić information content (AvgIpc) is 2.29. The molecule has 0 unspecified atom stereocenters. The molecule has 1 aliphatic rings. The molecule has 0 radical (unpaired) electrons. The van der Waals surface area contributed by atoms with Crippen molar-refractivity contribution in [3.05, 3.63) is 33.9 Å². The predicted molar refractivity (Wildman–Crippen MR) is 59.4 cm³/mol. The van der Waals surface area contributed by atoms with Crippen molar-refractivity contribution in [3.63, 3.8) is 0 Å². The van der Waals surface area contributed by atoms with Gasteiger partial charge >= 0.3 is 0 Å². The molecule has 1 aliphatic heterocycles. The first-order valence-electron chi connectivity index (χ1n) is 5.39. The van der Waals surface area contributed by atoms with Crippen LogP contribution in [0.15, 0.2) is 18.2 Å². The normalized spacial score (nSPS) is 20.6. The Labute approximate surface area is 93.2 Å². The largest absolute Gasteiger partial charge is 0.508 e. The molecule has 5 nitrogen and oxygen atoms in total. The van der Waals surface area contributed by atoms with Gasteiger partial charge in [0.15, 0.2) is 0 Å². The van der Waals surface area contributed by atoms with E-state index in [4.69, 9.17) is 0 Å². The smallest absolute Gasteiger partial charge is 0.274 e. The minimum absolute atomic E-state index is 0.0127. The van der Waals surface area contributed by atoms with Crippen LogP contribution in [0.4, 0.5) is 5.69 Å². The zero-order valence-corrected chi connectivity index (χ0v) is 8.85. The van der Waals surface area contributed by atoms with Gasteiger partial charge in [0.05, 0.1) is 10.5 Å². The minimum Gasteiger partial charge on any atom is -0.508 e. The SMILES string of the molecule is O=[N+]([O-])c1ccc(O)cc1[C@@H]1CCCCN1. The molecule has 16 heavy (non-hydrogen) atoms. The maximum absolute atomic E-state index is 10.9. The quantitative estimate of drug-likeness (QED) is 0.593. The van der Waals surface area contributed by atoms with Gasteiger partial charge in [-0.3, -0.25) is 10.1 Å². The number of nitrogens with zero attached hydrogens (tertiary/aromatic N) is 1. The molecule has 1 fully saturated rings. The first-order valence-corrected chi connectivity index (χ1v) is 5.39. The molecular formula is C11H14N2O3. The summed E-state index contributed by atoms with van der Waals surface area (Å²) < 4.78 is 0. The molecule has 1 aromatic carbocycles. The van der Waals surface area contributed by atoms with Crippen LogP contribution >= 0.6 is 0 Å². The Morgan fingerprint density at radius 2 is 2.25 bits per heavy atom. The van der Waals surface area contributed by atoms with Crippen molar-refractivity contribution in [1.82, 2.24) is 5.32 Å². The van der Waals surface area contributed by atoms with E-state index in [1.165, 1.54) is 18.2 Å².